The summed E-state index contributed by atoms with van der Waals surface area (Å²) >= 11 is 0. The third-order valence-corrected chi connectivity index (χ3v) is 4.51. The number of alkyl halides is 3. The van der Waals surface area contributed by atoms with Gasteiger partial charge in [-0.05, 0) is 37.5 Å². The number of anilines is 2. The van der Waals surface area contributed by atoms with Gasteiger partial charge < -0.3 is 20.5 Å². The van der Waals surface area contributed by atoms with Crippen LogP contribution in [0.5, 0.6) is 0 Å². The van der Waals surface area contributed by atoms with Crippen LogP contribution in [0.3, 0.4) is 0 Å². The molecule has 1 aromatic rings. The largest absolute Gasteiger partial charge is 0.481 e. The van der Waals surface area contributed by atoms with E-state index in [-0.39, 0.29) is 17.3 Å². The lowest BCUT2D eigenvalue weighted by Gasteiger charge is -2.36. The minimum absolute atomic E-state index is 0.126. The van der Waals surface area contributed by atoms with Gasteiger partial charge in [0.15, 0.2) is 0 Å². The van der Waals surface area contributed by atoms with Crippen molar-refractivity contribution in [1.29, 1.82) is 0 Å². The van der Waals surface area contributed by atoms with Crippen molar-refractivity contribution >= 4 is 17.3 Å². The Morgan fingerprint density at radius 1 is 1.40 bits per heavy atom. The van der Waals surface area contributed by atoms with Gasteiger partial charge in [0, 0.05) is 25.8 Å². The van der Waals surface area contributed by atoms with Gasteiger partial charge in [0.2, 0.25) is 0 Å². The van der Waals surface area contributed by atoms with Gasteiger partial charge in [-0.2, -0.15) is 13.2 Å². The molecule has 3 N–H and O–H groups in total. The van der Waals surface area contributed by atoms with Gasteiger partial charge in [0.05, 0.1) is 23.7 Å². The molecule has 0 bridgehead atoms. The van der Waals surface area contributed by atoms with Crippen LogP contribution in [0.1, 0.15) is 37.7 Å². The minimum Gasteiger partial charge on any atom is -0.481 e. The molecule has 1 aromatic carbocycles. The standard InChI is InChI=1S/C17H23F3N2O3/c1-2-22(12-5-7-25-8-6-12)15-4-3-11(9-14(15)21)13(10-16(23)24)17(18,19)20/h3-4,9,12-13H,2,5-8,10,21H2,1H3,(H,23,24)/t13-/m1/s1. The highest BCUT2D eigenvalue weighted by atomic mass is 19.4. The molecule has 1 aliphatic rings. The minimum atomic E-state index is -4.64. The number of benzene rings is 1. The Balaban J connectivity index is 2.30. The third-order valence-electron chi connectivity index (χ3n) is 4.51. The summed E-state index contributed by atoms with van der Waals surface area (Å²) in [4.78, 5) is 12.9. The van der Waals surface area contributed by atoms with Crippen molar-refractivity contribution in [2.24, 2.45) is 0 Å². The first-order valence-corrected chi connectivity index (χ1v) is 8.26. The van der Waals surface area contributed by atoms with Crippen LogP contribution in [-0.4, -0.2) is 43.1 Å². The SMILES string of the molecule is CCN(c1ccc([C@@H](CC(=O)O)C(F)(F)F)cc1N)C1CCOCC1. The van der Waals surface area contributed by atoms with Crippen molar-refractivity contribution in [3.63, 3.8) is 0 Å². The molecule has 0 amide bonds. The van der Waals surface area contributed by atoms with E-state index in [1.54, 1.807) is 6.07 Å². The molecule has 0 saturated carbocycles. The molecule has 1 fully saturated rings. The molecule has 0 spiro atoms. The third kappa shape index (κ3) is 4.78. The molecule has 0 radical (unpaired) electrons. The van der Waals surface area contributed by atoms with E-state index in [0.717, 1.165) is 12.8 Å². The number of hydrogen-bond donors (Lipinski definition) is 2. The highest BCUT2D eigenvalue weighted by molar-refractivity contribution is 5.71. The zero-order valence-corrected chi connectivity index (χ0v) is 14.1. The van der Waals surface area contributed by atoms with Gasteiger partial charge >= 0.3 is 12.1 Å². The van der Waals surface area contributed by atoms with Crippen LogP contribution in [0.4, 0.5) is 24.5 Å². The normalized spacial score (nSPS) is 17.3. The molecule has 8 heteroatoms. The van der Waals surface area contributed by atoms with E-state index in [0.29, 0.717) is 25.4 Å². The summed E-state index contributed by atoms with van der Waals surface area (Å²) in [6.45, 7) is 3.93. The first-order chi connectivity index (χ1) is 11.7. The molecular weight excluding hydrogens is 337 g/mol. The zero-order chi connectivity index (χ0) is 18.6. The molecular formula is C17H23F3N2O3. The van der Waals surface area contributed by atoms with E-state index in [2.05, 4.69) is 4.90 Å². The highest BCUT2D eigenvalue weighted by Gasteiger charge is 2.42. The van der Waals surface area contributed by atoms with Crippen LogP contribution in [0.15, 0.2) is 18.2 Å². The first kappa shape index (κ1) is 19.4. The fourth-order valence-electron chi connectivity index (χ4n) is 3.27. The molecule has 0 unspecified atom stereocenters. The topological polar surface area (TPSA) is 75.8 Å². The van der Waals surface area contributed by atoms with Crippen molar-refractivity contribution in [3.05, 3.63) is 23.8 Å². The summed E-state index contributed by atoms with van der Waals surface area (Å²) in [6.07, 6.45) is -3.99. The Bertz CT molecular complexity index is 601. The van der Waals surface area contributed by atoms with Crippen LogP contribution < -0.4 is 10.6 Å². The average Bonchev–Trinajstić information content (AvgIpc) is 2.54. The number of nitrogens with two attached hydrogens (primary N) is 1. The lowest BCUT2D eigenvalue weighted by Crippen LogP contribution is -2.39. The van der Waals surface area contributed by atoms with E-state index in [4.69, 9.17) is 15.6 Å². The summed E-state index contributed by atoms with van der Waals surface area (Å²) in [5, 5.41) is 8.78. The monoisotopic (exact) mass is 360 g/mol. The predicted octanol–water partition coefficient (Wildman–Crippen LogP) is 3.39. The maximum absolute atomic E-state index is 13.2. The van der Waals surface area contributed by atoms with Gasteiger partial charge in [0.25, 0.3) is 0 Å². The second-order valence-electron chi connectivity index (χ2n) is 6.14. The van der Waals surface area contributed by atoms with Gasteiger partial charge in [-0.25, -0.2) is 0 Å². The van der Waals surface area contributed by atoms with E-state index >= 15 is 0 Å². The van der Waals surface area contributed by atoms with E-state index < -0.39 is 24.5 Å². The van der Waals surface area contributed by atoms with Gasteiger partial charge in [0.1, 0.15) is 0 Å². The van der Waals surface area contributed by atoms with E-state index in [1.165, 1.54) is 12.1 Å². The molecule has 5 nitrogen and oxygen atoms in total. The predicted molar refractivity (Wildman–Crippen MR) is 88.8 cm³/mol. The Morgan fingerprint density at radius 2 is 2.04 bits per heavy atom. The number of ether oxygens (including phenoxy) is 1. The maximum Gasteiger partial charge on any atom is 0.396 e. The number of aliphatic carboxylic acids is 1. The van der Waals surface area contributed by atoms with Crippen molar-refractivity contribution in [2.75, 3.05) is 30.4 Å². The lowest BCUT2D eigenvalue weighted by atomic mass is 9.94. The Hall–Kier alpha value is -1.96. The van der Waals surface area contributed by atoms with Crippen LogP contribution in [0, 0.1) is 0 Å². The number of hydrogen-bond acceptors (Lipinski definition) is 4. The quantitative estimate of drug-likeness (QED) is 0.761. The summed E-state index contributed by atoms with van der Waals surface area (Å²) in [6, 6.07) is 4.36. The molecule has 1 saturated heterocycles. The second-order valence-corrected chi connectivity index (χ2v) is 6.14. The summed E-state index contributed by atoms with van der Waals surface area (Å²) < 4.78 is 44.9. The second kappa shape index (κ2) is 7.95. The molecule has 140 valence electrons. The molecule has 1 atom stereocenters. The van der Waals surface area contributed by atoms with Crippen molar-refractivity contribution in [2.45, 2.75) is 44.3 Å². The van der Waals surface area contributed by atoms with E-state index in [9.17, 15) is 18.0 Å². The van der Waals surface area contributed by atoms with Crippen LogP contribution in [0.2, 0.25) is 0 Å². The molecule has 1 aliphatic heterocycles. The zero-order valence-electron chi connectivity index (χ0n) is 14.1. The summed E-state index contributed by atoms with van der Waals surface area (Å²) in [5.41, 5.74) is 6.81. The number of carboxylic acid groups (broad SMARTS) is 1. The number of halogens is 3. The number of carbonyl (C=O) groups is 1. The van der Waals surface area contributed by atoms with Gasteiger partial charge in [-0.15, -0.1) is 0 Å². The number of carboxylic acids is 1. The molecule has 0 aliphatic carbocycles. The van der Waals surface area contributed by atoms with Crippen LogP contribution >= 0.6 is 0 Å². The Labute approximate surface area is 144 Å². The molecule has 25 heavy (non-hydrogen) atoms. The number of rotatable bonds is 6. The average molecular weight is 360 g/mol. The number of nitrogens with zero attached hydrogens (tertiary/aromatic N) is 1. The number of nitrogen functional groups attached to an aromatic ring is 1. The van der Waals surface area contributed by atoms with Crippen molar-refractivity contribution in [3.8, 4) is 0 Å². The summed E-state index contributed by atoms with van der Waals surface area (Å²) in [7, 11) is 0. The maximum atomic E-state index is 13.2. The Kier molecular flexibility index (Phi) is 6.16. The van der Waals surface area contributed by atoms with Gasteiger partial charge in [-0.1, -0.05) is 6.07 Å². The van der Waals surface area contributed by atoms with Crippen molar-refractivity contribution < 1.29 is 27.8 Å². The molecule has 2 rings (SSSR count). The smallest absolute Gasteiger partial charge is 0.396 e. The van der Waals surface area contributed by atoms with Crippen molar-refractivity contribution in [1.82, 2.24) is 0 Å². The van der Waals surface area contributed by atoms with E-state index in [1.807, 2.05) is 6.92 Å². The fourth-order valence-corrected chi connectivity index (χ4v) is 3.27. The lowest BCUT2D eigenvalue weighted by molar-refractivity contribution is -0.163. The first-order valence-electron chi connectivity index (χ1n) is 8.26. The van der Waals surface area contributed by atoms with Crippen LogP contribution in [-0.2, 0) is 9.53 Å². The highest BCUT2D eigenvalue weighted by Crippen LogP contribution is 2.40. The van der Waals surface area contributed by atoms with Gasteiger partial charge in [-0.3, -0.25) is 4.79 Å². The molecule has 1 heterocycles. The Morgan fingerprint density at radius 3 is 2.52 bits per heavy atom. The molecule has 0 aromatic heterocycles. The van der Waals surface area contributed by atoms with Crippen LogP contribution in [0.25, 0.3) is 0 Å². The fraction of sp³-hybridized carbons (Fsp3) is 0.588. The summed E-state index contributed by atoms with van der Waals surface area (Å²) in [5.74, 6) is -3.57.